The van der Waals surface area contributed by atoms with Gasteiger partial charge >= 0.3 is 5.97 Å². The molecule has 0 spiro atoms. The minimum atomic E-state index is -3.61. The van der Waals surface area contributed by atoms with E-state index in [0.29, 0.717) is 49.0 Å². The fourth-order valence-electron chi connectivity index (χ4n) is 3.08. The van der Waals surface area contributed by atoms with E-state index in [0.717, 1.165) is 0 Å². The number of ether oxygens (including phenoxy) is 2. The van der Waals surface area contributed by atoms with Crippen LogP contribution in [-0.2, 0) is 35.5 Å². The quantitative estimate of drug-likeness (QED) is 0.626. The molecule has 1 N–H and O–H groups in total. The number of hydrogen-bond donors (Lipinski definition) is 1. The van der Waals surface area contributed by atoms with Crippen molar-refractivity contribution in [2.75, 3.05) is 31.6 Å². The van der Waals surface area contributed by atoms with Crippen LogP contribution in [0.15, 0.2) is 33.7 Å². The molecule has 1 aliphatic rings. The second-order valence-electron chi connectivity index (χ2n) is 7.14. The van der Waals surface area contributed by atoms with Crippen LogP contribution in [0, 0.1) is 13.8 Å². The van der Waals surface area contributed by atoms with E-state index in [9.17, 15) is 18.0 Å². The molecule has 168 valence electrons. The van der Waals surface area contributed by atoms with Gasteiger partial charge in [-0.2, -0.15) is 4.31 Å². The first-order valence-electron chi connectivity index (χ1n) is 9.78. The van der Waals surface area contributed by atoms with Gasteiger partial charge in [-0.15, -0.1) is 0 Å². The van der Waals surface area contributed by atoms with Crippen molar-refractivity contribution in [1.82, 2.24) is 9.46 Å². The van der Waals surface area contributed by atoms with Crippen LogP contribution in [0.5, 0.6) is 0 Å². The zero-order chi connectivity index (χ0) is 22.6. The summed E-state index contributed by atoms with van der Waals surface area (Å²) in [5.74, 6) is -0.585. The lowest BCUT2D eigenvalue weighted by atomic mass is 10.1. The van der Waals surface area contributed by atoms with Gasteiger partial charge in [0.25, 0.3) is 5.91 Å². The van der Waals surface area contributed by atoms with E-state index in [1.807, 2.05) is 0 Å². The zero-order valence-electron chi connectivity index (χ0n) is 17.6. The summed E-state index contributed by atoms with van der Waals surface area (Å²) in [6.07, 6.45) is -1.09. The Balaban J connectivity index is 1.56. The van der Waals surface area contributed by atoms with Gasteiger partial charge in [0, 0.05) is 24.3 Å². The van der Waals surface area contributed by atoms with Gasteiger partial charge in [-0.3, -0.25) is 9.59 Å². The van der Waals surface area contributed by atoms with Gasteiger partial charge in [0.05, 0.1) is 30.2 Å². The van der Waals surface area contributed by atoms with Crippen LogP contribution >= 0.6 is 0 Å². The third kappa shape index (κ3) is 5.49. The van der Waals surface area contributed by atoms with Crippen molar-refractivity contribution in [3.63, 3.8) is 0 Å². The van der Waals surface area contributed by atoms with Crippen LogP contribution in [0.25, 0.3) is 0 Å². The molecule has 2 heterocycles. The maximum atomic E-state index is 12.6. The van der Waals surface area contributed by atoms with Crippen LogP contribution in [0.3, 0.4) is 0 Å². The van der Waals surface area contributed by atoms with Gasteiger partial charge in [0.1, 0.15) is 5.76 Å². The van der Waals surface area contributed by atoms with Gasteiger partial charge < -0.3 is 19.3 Å². The summed E-state index contributed by atoms with van der Waals surface area (Å²) in [4.78, 5) is 24.6. The smallest absolute Gasteiger partial charge is 0.311 e. The Bertz CT molecular complexity index is 1020. The first kappa shape index (κ1) is 22.9. The van der Waals surface area contributed by atoms with Gasteiger partial charge in [0.15, 0.2) is 6.10 Å². The van der Waals surface area contributed by atoms with Crippen LogP contribution in [0.4, 0.5) is 5.69 Å². The lowest BCUT2D eigenvalue weighted by Gasteiger charge is -2.26. The third-order valence-corrected chi connectivity index (χ3v) is 6.82. The molecular formula is C20H25N3O7S. The van der Waals surface area contributed by atoms with Gasteiger partial charge in [0.2, 0.25) is 10.0 Å². The molecule has 1 aromatic heterocycles. The van der Waals surface area contributed by atoms with E-state index >= 15 is 0 Å². The largest absolute Gasteiger partial charge is 0.452 e. The molecule has 11 heteroatoms. The molecule has 0 radical (unpaired) electrons. The molecule has 10 nitrogen and oxygen atoms in total. The number of amides is 1. The van der Waals surface area contributed by atoms with E-state index in [1.54, 1.807) is 13.8 Å². The van der Waals surface area contributed by atoms with Crippen molar-refractivity contribution in [2.24, 2.45) is 0 Å². The van der Waals surface area contributed by atoms with Crippen molar-refractivity contribution < 1.29 is 32.0 Å². The summed E-state index contributed by atoms with van der Waals surface area (Å²) in [6.45, 7) is 6.20. The number of rotatable bonds is 7. The van der Waals surface area contributed by atoms with Crippen LogP contribution in [0.1, 0.15) is 23.9 Å². The molecule has 2 aromatic rings. The number of sulfonamides is 1. The number of nitrogens with one attached hydrogen (secondary N) is 1. The third-order valence-electron chi connectivity index (χ3n) is 4.91. The summed E-state index contributed by atoms with van der Waals surface area (Å²) in [6, 6.07) is 5.83. The van der Waals surface area contributed by atoms with Crippen molar-refractivity contribution in [2.45, 2.75) is 38.2 Å². The summed E-state index contributed by atoms with van der Waals surface area (Å²) in [5, 5.41) is 6.39. The molecule has 1 amide bonds. The van der Waals surface area contributed by atoms with E-state index in [2.05, 4.69) is 10.5 Å². The second kappa shape index (κ2) is 9.58. The number of carbonyl (C=O) groups is 2. The molecule has 1 aromatic carbocycles. The molecule has 0 saturated carbocycles. The minimum Gasteiger partial charge on any atom is -0.452 e. The van der Waals surface area contributed by atoms with Crippen LogP contribution in [-0.4, -0.2) is 62.2 Å². The van der Waals surface area contributed by atoms with Gasteiger partial charge in [-0.05, 0) is 45.0 Å². The highest BCUT2D eigenvalue weighted by Gasteiger charge is 2.26. The van der Waals surface area contributed by atoms with Crippen LogP contribution in [0.2, 0.25) is 0 Å². The SMILES string of the molecule is Cc1noc(C)c1CC(=O)OC(C)C(=O)Nc1ccc(S(=O)(=O)N2CCOCC2)cc1. The Hall–Kier alpha value is -2.76. The Morgan fingerprint density at radius 1 is 1.19 bits per heavy atom. The number of carbonyl (C=O) groups excluding carboxylic acids is 2. The fourth-order valence-corrected chi connectivity index (χ4v) is 4.49. The molecule has 1 unspecified atom stereocenters. The lowest BCUT2D eigenvalue weighted by molar-refractivity contribution is -0.152. The van der Waals surface area contributed by atoms with Crippen molar-refractivity contribution in [3.05, 3.63) is 41.3 Å². The Kier molecular flexibility index (Phi) is 7.08. The lowest BCUT2D eigenvalue weighted by Crippen LogP contribution is -2.40. The average Bonchev–Trinajstić information content (AvgIpc) is 3.06. The zero-order valence-corrected chi connectivity index (χ0v) is 18.4. The molecule has 0 aliphatic carbocycles. The first-order valence-corrected chi connectivity index (χ1v) is 11.2. The number of nitrogens with zero attached hydrogens (tertiary/aromatic N) is 2. The number of aromatic nitrogens is 1. The molecule has 31 heavy (non-hydrogen) atoms. The highest BCUT2D eigenvalue weighted by atomic mass is 32.2. The molecule has 3 rings (SSSR count). The normalized spacial score (nSPS) is 16.0. The van der Waals surface area contributed by atoms with Crippen LogP contribution < -0.4 is 5.32 Å². The predicted molar refractivity (Wildman–Crippen MR) is 110 cm³/mol. The first-order chi connectivity index (χ1) is 14.7. The standard InChI is InChI=1S/C20H25N3O7S/c1-13-18(14(2)30-22-13)12-19(24)29-15(3)20(25)21-16-4-6-17(7-5-16)31(26,27)23-8-10-28-11-9-23/h4-7,15H,8-12H2,1-3H3,(H,21,25). The highest BCUT2D eigenvalue weighted by Crippen LogP contribution is 2.20. The van der Waals surface area contributed by atoms with Crippen molar-refractivity contribution >= 4 is 27.6 Å². The summed E-state index contributed by atoms with van der Waals surface area (Å²) < 4.78 is 42.0. The number of morpholine rings is 1. The monoisotopic (exact) mass is 451 g/mol. The fraction of sp³-hybridized carbons (Fsp3) is 0.450. The summed E-state index contributed by atoms with van der Waals surface area (Å²) in [5.41, 5.74) is 1.62. The van der Waals surface area contributed by atoms with Crippen molar-refractivity contribution in [3.8, 4) is 0 Å². The Labute approximate surface area is 180 Å². The number of esters is 1. The van der Waals surface area contributed by atoms with Crippen molar-refractivity contribution in [1.29, 1.82) is 0 Å². The topological polar surface area (TPSA) is 128 Å². The Morgan fingerprint density at radius 2 is 1.84 bits per heavy atom. The molecule has 0 bridgehead atoms. The van der Waals surface area contributed by atoms with Gasteiger partial charge in [-0.25, -0.2) is 8.42 Å². The second-order valence-corrected chi connectivity index (χ2v) is 9.08. The van der Waals surface area contributed by atoms with E-state index in [4.69, 9.17) is 14.0 Å². The van der Waals surface area contributed by atoms with Gasteiger partial charge in [-0.1, -0.05) is 5.16 Å². The minimum absolute atomic E-state index is 0.0487. The number of anilines is 1. The number of benzene rings is 1. The highest BCUT2D eigenvalue weighted by molar-refractivity contribution is 7.89. The summed E-state index contributed by atoms with van der Waals surface area (Å²) in [7, 11) is -3.61. The average molecular weight is 452 g/mol. The molecule has 1 saturated heterocycles. The number of hydrogen-bond acceptors (Lipinski definition) is 8. The maximum Gasteiger partial charge on any atom is 0.311 e. The number of aryl methyl sites for hydroxylation is 2. The van der Waals surface area contributed by atoms with E-state index in [1.165, 1.54) is 35.5 Å². The van der Waals surface area contributed by atoms with E-state index < -0.39 is 28.0 Å². The maximum absolute atomic E-state index is 12.6. The summed E-state index contributed by atoms with van der Waals surface area (Å²) >= 11 is 0. The molecule has 1 atom stereocenters. The Morgan fingerprint density at radius 3 is 2.42 bits per heavy atom. The predicted octanol–water partition coefficient (Wildman–Crippen LogP) is 1.43. The van der Waals surface area contributed by atoms with E-state index in [-0.39, 0.29) is 11.3 Å². The molecule has 1 fully saturated rings. The molecule has 1 aliphatic heterocycles. The molecular weight excluding hydrogens is 426 g/mol.